The zero-order chi connectivity index (χ0) is 20.0. The summed E-state index contributed by atoms with van der Waals surface area (Å²) in [4.78, 5) is 24.3. The first-order valence-corrected chi connectivity index (χ1v) is 10.8. The molecule has 28 heavy (non-hydrogen) atoms. The van der Waals surface area contributed by atoms with Gasteiger partial charge in [-0.2, -0.15) is 0 Å². The van der Waals surface area contributed by atoms with E-state index in [1.807, 2.05) is 54.6 Å². The van der Waals surface area contributed by atoms with Gasteiger partial charge in [0.05, 0.1) is 0 Å². The van der Waals surface area contributed by atoms with Gasteiger partial charge < -0.3 is 0 Å². The van der Waals surface area contributed by atoms with Crippen LogP contribution >= 0.6 is 0 Å². The maximum absolute atomic E-state index is 12.8. The molecule has 2 aromatic rings. The smallest absolute Gasteiger partial charge is 0.163 e. The molecule has 0 radical (unpaired) electrons. The summed E-state index contributed by atoms with van der Waals surface area (Å²) in [5, 5.41) is 3.32. The van der Waals surface area contributed by atoms with Crippen LogP contribution in [0.4, 0.5) is 0 Å². The van der Waals surface area contributed by atoms with Crippen molar-refractivity contribution in [1.29, 1.82) is 0 Å². The third-order valence-electron chi connectivity index (χ3n) is 5.28. The number of benzene rings is 2. The molecule has 3 nitrogen and oxygen atoms in total. The van der Waals surface area contributed by atoms with E-state index in [2.05, 4.69) is 12.1 Å². The summed E-state index contributed by atoms with van der Waals surface area (Å²) in [6, 6.07) is 16.2. The number of carbonyl (C=O) groups excluding carboxylic acids is 1. The van der Waals surface area contributed by atoms with Crippen LogP contribution in [0.1, 0.15) is 98.7 Å². The SMILES string of the molecule is CCCCCCCCCCCC(=O)c1ccccc1C(N=O)c1ccccc1. The molecule has 0 aliphatic rings. The normalized spacial score (nSPS) is 11.9. The lowest BCUT2D eigenvalue weighted by molar-refractivity contribution is 0.0978. The van der Waals surface area contributed by atoms with Gasteiger partial charge in [0, 0.05) is 12.0 Å². The number of unbranched alkanes of at least 4 members (excludes halogenated alkanes) is 8. The van der Waals surface area contributed by atoms with Crippen molar-refractivity contribution in [2.75, 3.05) is 0 Å². The van der Waals surface area contributed by atoms with Crippen LogP contribution in [-0.2, 0) is 0 Å². The number of nitroso groups, excluding NO2 is 1. The zero-order valence-corrected chi connectivity index (χ0v) is 17.1. The molecule has 3 heteroatoms. The maximum atomic E-state index is 12.8. The molecule has 0 fully saturated rings. The predicted octanol–water partition coefficient (Wildman–Crippen LogP) is 7.65. The largest absolute Gasteiger partial charge is 0.294 e. The van der Waals surface area contributed by atoms with Gasteiger partial charge in [-0.05, 0) is 17.5 Å². The minimum atomic E-state index is -0.635. The predicted molar refractivity (Wildman–Crippen MR) is 117 cm³/mol. The fourth-order valence-corrected chi connectivity index (χ4v) is 3.65. The van der Waals surface area contributed by atoms with E-state index < -0.39 is 6.04 Å². The third-order valence-corrected chi connectivity index (χ3v) is 5.28. The number of rotatable bonds is 14. The maximum Gasteiger partial charge on any atom is 0.163 e. The van der Waals surface area contributed by atoms with Crippen molar-refractivity contribution in [1.82, 2.24) is 0 Å². The van der Waals surface area contributed by atoms with Crippen molar-refractivity contribution in [3.05, 3.63) is 76.2 Å². The molecule has 0 N–H and O–H groups in total. The summed E-state index contributed by atoms with van der Waals surface area (Å²) >= 11 is 0. The molecule has 2 aromatic carbocycles. The Labute approximate surface area is 169 Å². The van der Waals surface area contributed by atoms with E-state index in [0.717, 1.165) is 18.4 Å². The number of hydrogen-bond acceptors (Lipinski definition) is 3. The summed E-state index contributed by atoms with van der Waals surface area (Å²) in [5.41, 5.74) is 2.17. The van der Waals surface area contributed by atoms with Crippen molar-refractivity contribution < 1.29 is 4.79 Å². The summed E-state index contributed by atoms with van der Waals surface area (Å²) in [6.07, 6.45) is 11.6. The van der Waals surface area contributed by atoms with Crippen LogP contribution in [0.15, 0.2) is 59.8 Å². The van der Waals surface area contributed by atoms with Gasteiger partial charge in [-0.25, -0.2) is 0 Å². The molecule has 0 bridgehead atoms. The van der Waals surface area contributed by atoms with Gasteiger partial charge in [-0.3, -0.25) is 4.79 Å². The molecule has 0 aliphatic heterocycles. The first-order chi connectivity index (χ1) is 13.8. The molecule has 0 aromatic heterocycles. The lowest BCUT2D eigenvalue weighted by Crippen LogP contribution is -2.08. The third kappa shape index (κ3) is 7.03. The number of Topliss-reactive ketones (excluding diaryl/α,β-unsaturated/α-hetero) is 1. The Morgan fingerprint density at radius 2 is 1.36 bits per heavy atom. The Kier molecular flexibility index (Phi) is 10.2. The van der Waals surface area contributed by atoms with Crippen LogP contribution in [0.3, 0.4) is 0 Å². The average molecular weight is 380 g/mol. The molecular formula is C25H33NO2. The van der Waals surface area contributed by atoms with Crippen molar-refractivity contribution >= 4 is 5.78 Å². The second kappa shape index (κ2) is 13.0. The lowest BCUT2D eigenvalue weighted by atomic mass is 9.91. The second-order valence-corrected chi connectivity index (χ2v) is 7.51. The number of nitrogens with zero attached hydrogens (tertiary/aromatic N) is 1. The molecule has 1 atom stereocenters. The van der Waals surface area contributed by atoms with Crippen LogP contribution in [-0.4, -0.2) is 5.78 Å². The van der Waals surface area contributed by atoms with E-state index in [4.69, 9.17) is 0 Å². The van der Waals surface area contributed by atoms with Crippen LogP contribution in [0, 0.1) is 4.91 Å². The van der Waals surface area contributed by atoms with Crippen molar-refractivity contribution in [2.24, 2.45) is 5.18 Å². The Morgan fingerprint density at radius 3 is 2.00 bits per heavy atom. The monoisotopic (exact) mass is 379 g/mol. The zero-order valence-electron chi connectivity index (χ0n) is 17.1. The van der Waals surface area contributed by atoms with Gasteiger partial charge in [0.25, 0.3) is 0 Å². The molecule has 0 spiro atoms. The van der Waals surface area contributed by atoms with Crippen molar-refractivity contribution in [2.45, 2.75) is 77.2 Å². The van der Waals surface area contributed by atoms with Gasteiger partial charge in [-0.1, -0.05) is 118 Å². The van der Waals surface area contributed by atoms with Crippen molar-refractivity contribution in [3.8, 4) is 0 Å². The topological polar surface area (TPSA) is 46.5 Å². The summed E-state index contributed by atoms with van der Waals surface area (Å²) in [6.45, 7) is 2.24. The van der Waals surface area contributed by atoms with Crippen molar-refractivity contribution in [3.63, 3.8) is 0 Å². The number of ketones is 1. The first kappa shape index (κ1) is 22.0. The number of carbonyl (C=O) groups is 1. The quantitative estimate of drug-likeness (QED) is 0.192. The highest BCUT2D eigenvalue weighted by molar-refractivity contribution is 5.97. The summed E-state index contributed by atoms with van der Waals surface area (Å²) < 4.78 is 0. The molecule has 0 heterocycles. The Morgan fingerprint density at radius 1 is 0.786 bits per heavy atom. The fourth-order valence-electron chi connectivity index (χ4n) is 3.65. The van der Waals surface area contributed by atoms with E-state index in [0.29, 0.717) is 17.5 Å². The number of hydrogen-bond donors (Lipinski definition) is 0. The van der Waals surface area contributed by atoms with E-state index in [1.165, 1.54) is 44.9 Å². The summed E-state index contributed by atoms with van der Waals surface area (Å²) in [5.74, 6) is 0.114. The molecule has 1 unspecified atom stereocenters. The second-order valence-electron chi connectivity index (χ2n) is 7.51. The highest BCUT2D eigenvalue weighted by Crippen LogP contribution is 2.29. The summed E-state index contributed by atoms with van der Waals surface area (Å²) in [7, 11) is 0. The molecule has 0 aliphatic carbocycles. The fraction of sp³-hybridized carbons (Fsp3) is 0.480. The molecule has 0 amide bonds. The van der Waals surface area contributed by atoms with E-state index in [9.17, 15) is 9.70 Å². The minimum absolute atomic E-state index is 0.114. The molecule has 150 valence electrons. The minimum Gasteiger partial charge on any atom is -0.294 e. The van der Waals surface area contributed by atoms with Gasteiger partial charge in [-0.15, -0.1) is 4.91 Å². The van der Waals surface area contributed by atoms with Crippen LogP contribution < -0.4 is 0 Å². The van der Waals surface area contributed by atoms with Crippen LogP contribution in [0.2, 0.25) is 0 Å². The molecular weight excluding hydrogens is 346 g/mol. The lowest BCUT2D eigenvalue weighted by Gasteiger charge is -2.14. The Balaban J connectivity index is 1.86. The Bertz CT molecular complexity index is 711. The average Bonchev–Trinajstić information content (AvgIpc) is 2.74. The Hall–Kier alpha value is -2.29. The molecule has 0 saturated carbocycles. The highest BCUT2D eigenvalue weighted by Gasteiger charge is 2.20. The van der Waals surface area contributed by atoms with Gasteiger partial charge in [0.2, 0.25) is 0 Å². The van der Waals surface area contributed by atoms with Crippen LogP contribution in [0.5, 0.6) is 0 Å². The first-order valence-electron chi connectivity index (χ1n) is 10.8. The highest BCUT2D eigenvalue weighted by atomic mass is 16.3. The van der Waals surface area contributed by atoms with E-state index in [1.54, 1.807) is 0 Å². The van der Waals surface area contributed by atoms with Crippen LogP contribution in [0.25, 0.3) is 0 Å². The van der Waals surface area contributed by atoms with Gasteiger partial charge in [0.15, 0.2) is 5.78 Å². The van der Waals surface area contributed by atoms with E-state index in [-0.39, 0.29) is 5.78 Å². The standard InChI is InChI=1S/C25H33NO2/c1-2-3-4-5-6-7-8-9-13-20-24(27)22-18-14-15-19-23(22)25(26-28)21-16-11-10-12-17-21/h10-12,14-19,25H,2-9,13,20H2,1H3. The van der Waals surface area contributed by atoms with Gasteiger partial charge >= 0.3 is 0 Å². The molecule has 2 rings (SSSR count). The molecule has 0 saturated heterocycles. The van der Waals surface area contributed by atoms with Gasteiger partial charge in [0.1, 0.15) is 6.04 Å². The van der Waals surface area contributed by atoms with E-state index >= 15 is 0 Å².